The second-order valence-electron chi connectivity index (χ2n) is 6.32. The van der Waals surface area contributed by atoms with Crippen LogP contribution < -0.4 is 10.6 Å². The number of aryl methyl sites for hydroxylation is 1. The number of nitro benzene ring substituents is 1. The number of nitrogens with one attached hydrogen (secondary N) is 2. The minimum Gasteiger partial charge on any atom is -0.453 e. The largest absolute Gasteiger partial charge is 0.453 e. The van der Waals surface area contributed by atoms with Crippen molar-refractivity contribution in [1.29, 1.82) is 0 Å². The van der Waals surface area contributed by atoms with Gasteiger partial charge in [-0.2, -0.15) is 0 Å². The Bertz CT molecular complexity index is 743. The van der Waals surface area contributed by atoms with Crippen molar-refractivity contribution >= 4 is 29.3 Å². The Morgan fingerprint density at radius 3 is 2.48 bits per heavy atom. The highest BCUT2D eigenvalue weighted by Gasteiger charge is 2.24. The van der Waals surface area contributed by atoms with E-state index >= 15 is 0 Å². The Kier molecular flexibility index (Phi) is 6.69. The molecular formula is C17H22N4O6. The lowest BCUT2D eigenvalue weighted by atomic mass is 9.97. The third kappa shape index (κ3) is 5.40. The van der Waals surface area contributed by atoms with E-state index in [0.717, 1.165) is 0 Å². The average molecular weight is 378 g/mol. The van der Waals surface area contributed by atoms with Crippen LogP contribution in [0.5, 0.6) is 0 Å². The maximum Gasteiger partial charge on any atom is 0.409 e. The molecule has 0 saturated carbocycles. The highest BCUT2D eigenvalue weighted by molar-refractivity contribution is 6.39. The Morgan fingerprint density at radius 1 is 1.26 bits per heavy atom. The van der Waals surface area contributed by atoms with Crippen LogP contribution in [0, 0.1) is 23.0 Å². The van der Waals surface area contributed by atoms with Gasteiger partial charge in [0.05, 0.1) is 12.0 Å². The van der Waals surface area contributed by atoms with Crippen molar-refractivity contribution in [1.82, 2.24) is 10.2 Å². The third-order valence-corrected chi connectivity index (χ3v) is 4.47. The number of anilines is 1. The molecule has 0 spiro atoms. The van der Waals surface area contributed by atoms with E-state index < -0.39 is 16.7 Å². The predicted molar refractivity (Wildman–Crippen MR) is 96.2 cm³/mol. The van der Waals surface area contributed by atoms with Crippen LogP contribution in [0.25, 0.3) is 0 Å². The first-order chi connectivity index (χ1) is 12.8. The number of benzene rings is 1. The van der Waals surface area contributed by atoms with Gasteiger partial charge in [-0.1, -0.05) is 0 Å². The lowest BCUT2D eigenvalue weighted by Crippen LogP contribution is -2.43. The van der Waals surface area contributed by atoms with E-state index in [0.29, 0.717) is 43.7 Å². The van der Waals surface area contributed by atoms with Crippen molar-refractivity contribution in [3.8, 4) is 0 Å². The van der Waals surface area contributed by atoms with E-state index in [4.69, 9.17) is 0 Å². The smallest absolute Gasteiger partial charge is 0.409 e. The van der Waals surface area contributed by atoms with Gasteiger partial charge in [0.15, 0.2) is 0 Å². The summed E-state index contributed by atoms with van der Waals surface area (Å²) in [7, 11) is 1.33. The Hall–Kier alpha value is -3.17. The molecule has 0 aromatic heterocycles. The van der Waals surface area contributed by atoms with Gasteiger partial charge >= 0.3 is 17.9 Å². The average Bonchev–Trinajstić information content (AvgIpc) is 2.67. The fraction of sp³-hybridized carbons (Fsp3) is 0.471. The normalized spacial score (nSPS) is 14.4. The number of methoxy groups -OCH3 is 1. The minimum atomic E-state index is -0.834. The molecule has 1 heterocycles. The lowest BCUT2D eigenvalue weighted by Gasteiger charge is -2.30. The monoisotopic (exact) mass is 378 g/mol. The highest BCUT2D eigenvalue weighted by atomic mass is 16.6. The molecule has 0 atom stereocenters. The van der Waals surface area contributed by atoms with Crippen molar-refractivity contribution in [2.24, 2.45) is 5.92 Å². The van der Waals surface area contributed by atoms with Gasteiger partial charge in [0.25, 0.3) is 5.69 Å². The minimum absolute atomic E-state index is 0.0896. The molecule has 1 aliphatic rings. The molecule has 0 bridgehead atoms. The Morgan fingerprint density at radius 2 is 1.93 bits per heavy atom. The molecule has 10 nitrogen and oxygen atoms in total. The van der Waals surface area contributed by atoms with Gasteiger partial charge in [-0.25, -0.2) is 4.79 Å². The fourth-order valence-electron chi connectivity index (χ4n) is 2.85. The molecule has 2 rings (SSSR count). The van der Waals surface area contributed by atoms with Gasteiger partial charge in [0.2, 0.25) is 0 Å². The summed E-state index contributed by atoms with van der Waals surface area (Å²) in [6.45, 7) is 3.03. The van der Waals surface area contributed by atoms with E-state index in [9.17, 15) is 24.5 Å². The van der Waals surface area contributed by atoms with Crippen LogP contribution in [0.1, 0.15) is 18.4 Å². The Labute approximate surface area is 156 Å². The number of piperidine rings is 1. The van der Waals surface area contributed by atoms with Crippen LogP contribution in [0.15, 0.2) is 18.2 Å². The van der Waals surface area contributed by atoms with Crippen LogP contribution in [-0.2, 0) is 14.3 Å². The van der Waals surface area contributed by atoms with E-state index in [2.05, 4.69) is 15.4 Å². The molecular weight excluding hydrogens is 356 g/mol. The summed E-state index contributed by atoms with van der Waals surface area (Å²) in [4.78, 5) is 47.2. The standard InChI is InChI=1S/C17H22N4O6/c1-11-9-13(21(25)26)3-4-14(11)19-16(23)15(22)18-10-12-5-7-20(8-6-12)17(24)27-2/h3-4,9,12H,5-8,10H2,1-2H3,(H,18,22)(H,19,23). The molecule has 0 aliphatic carbocycles. The van der Waals surface area contributed by atoms with E-state index in [1.54, 1.807) is 11.8 Å². The van der Waals surface area contributed by atoms with Crippen molar-refractivity contribution in [2.75, 3.05) is 32.1 Å². The second kappa shape index (κ2) is 8.97. The van der Waals surface area contributed by atoms with Gasteiger partial charge in [-0.3, -0.25) is 19.7 Å². The fourth-order valence-corrected chi connectivity index (χ4v) is 2.85. The van der Waals surface area contributed by atoms with Gasteiger partial charge in [0.1, 0.15) is 0 Å². The number of carbonyl (C=O) groups excluding carboxylic acids is 3. The molecule has 1 fully saturated rings. The number of likely N-dealkylation sites (tertiary alicyclic amines) is 1. The van der Waals surface area contributed by atoms with E-state index in [-0.39, 0.29) is 17.7 Å². The van der Waals surface area contributed by atoms with E-state index in [1.165, 1.54) is 25.3 Å². The zero-order valence-electron chi connectivity index (χ0n) is 15.2. The number of hydrogen-bond acceptors (Lipinski definition) is 6. The third-order valence-electron chi connectivity index (χ3n) is 4.47. The molecule has 1 aliphatic heterocycles. The zero-order chi connectivity index (χ0) is 20.0. The summed E-state index contributed by atoms with van der Waals surface area (Å²) in [5.41, 5.74) is 0.737. The number of ether oxygens (including phenoxy) is 1. The number of nitro groups is 1. The summed E-state index contributed by atoms with van der Waals surface area (Å²) in [5.74, 6) is -1.44. The SMILES string of the molecule is COC(=O)N1CCC(CNC(=O)C(=O)Nc2ccc([N+](=O)[O-])cc2C)CC1. The second-order valence-corrected chi connectivity index (χ2v) is 6.32. The first-order valence-electron chi connectivity index (χ1n) is 8.49. The summed E-state index contributed by atoms with van der Waals surface area (Å²) in [6, 6.07) is 3.97. The molecule has 1 saturated heterocycles. The van der Waals surface area contributed by atoms with Gasteiger partial charge in [-0.05, 0) is 37.3 Å². The number of hydrogen-bond donors (Lipinski definition) is 2. The lowest BCUT2D eigenvalue weighted by molar-refractivity contribution is -0.384. The van der Waals surface area contributed by atoms with Crippen LogP contribution >= 0.6 is 0 Å². The number of non-ortho nitro benzene ring substituents is 1. The number of amides is 3. The molecule has 3 amide bonds. The molecule has 0 radical (unpaired) electrons. The van der Waals surface area contributed by atoms with Crippen molar-refractivity contribution < 1.29 is 24.0 Å². The maximum absolute atomic E-state index is 12.0. The maximum atomic E-state index is 12.0. The van der Waals surface area contributed by atoms with Crippen molar-refractivity contribution in [3.05, 3.63) is 33.9 Å². The summed E-state index contributed by atoms with van der Waals surface area (Å²) in [6.07, 6.45) is 1.05. The van der Waals surface area contributed by atoms with Gasteiger partial charge in [-0.15, -0.1) is 0 Å². The molecule has 146 valence electrons. The quantitative estimate of drug-likeness (QED) is 0.463. The highest BCUT2D eigenvalue weighted by Crippen LogP contribution is 2.21. The summed E-state index contributed by atoms with van der Waals surface area (Å²) >= 11 is 0. The Balaban J connectivity index is 1.80. The summed E-state index contributed by atoms with van der Waals surface area (Å²) < 4.78 is 4.67. The van der Waals surface area contributed by atoms with E-state index in [1.807, 2.05) is 0 Å². The zero-order valence-corrected chi connectivity index (χ0v) is 15.2. The molecule has 10 heteroatoms. The molecule has 1 aromatic rings. The van der Waals surface area contributed by atoms with Crippen molar-refractivity contribution in [2.45, 2.75) is 19.8 Å². The van der Waals surface area contributed by atoms with Gasteiger partial charge in [0, 0.05) is 37.5 Å². The molecule has 1 aromatic carbocycles. The summed E-state index contributed by atoms with van der Waals surface area (Å²) in [5, 5.41) is 15.8. The number of carbonyl (C=O) groups is 3. The molecule has 27 heavy (non-hydrogen) atoms. The predicted octanol–water partition coefficient (Wildman–Crippen LogP) is 1.44. The van der Waals surface area contributed by atoms with Crippen LogP contribution in [0.4, 0.5) is 16.2 Å². The molecule has 2 N–H and O–H groups in total. The van der Waals surface area contributed by atoms with Crippen LogP contribution in [0.3, 0.4) is 0 Å². The first-order valence-corrected chi connectivity index (χ1v) is 8.49. The number of rotatable bonds is 4. The van der Waals surface area contributed by atoms with Crippen LogP contribution in [0.2, 0.25) is 0 Å². The number of nitrogens with zero attached hydrogens (tertiary/aromatic N) is 2. The van der Waals surface area contributed by atoms with Gasteiger partial charge < -0.3 is 20.3 Å². The van der Waals surface area contributed by atoms with Crippen molar-refractivity contribution in [3.63, 3.8) is 0 Å². The molecule has 0 unspecified atom stereocenters. The first kappa shape index (κ1) is 20.1. The van der Waals surface area contributed by atoms with Crippen LogP contribution in [-0.4, -0.2) is 54.5 Å². The topological polar surface area (TPSA) is 131 Å².